The lowest BCUT2D eigenvalue weighted by molar-refractivity contribution is -0.124. The molecule has 1 amide bonds. The Hall–Kier alpha value is -0.610. The molecule has 4 heteroatoms. The van der Waals surface area contributed by atoms with Crippen molar-refractivity contribution in [3.05, 3.63) is 0 Å². The summed E-state index contributed by atoms with van der Waals surface area (Å²) in [5.74, 6) is -0.225. The van der Waals surface area contributed by atoms with Gasteiger partial charge in [-0.15, -0.1) is 0 Å². The van der Waals surface area contributed by atoms with Crippen molar-refractivity contribution in [2.75, 3.05) is 19.6 Å². The first-order valence-corrected chi connectivity index (χ1v) is 8.28. The summed E-state index contributed by atoms with van der Waals surface area (Å²) >= 11 is 0. The third kappa shape index (κ3) is 5.41. The van der Waals surface area contributed by atoms with Gasteiger partial charge in [0.05, 0.1) is 5.54 Å². The van der Waals surface area contributed by atoms with E-state index in [1.807, 2.05) is 6.92 Å². The number of nitrogens with zero attached hydrogens (tertiary/aromatic N) is 1. The van der Waals surface area contributed by atoms with Gasteiger partial charge < -0.3 is 16.0 Å². The van der Waals surface area contributed by atoms with Gasteiger partial charge in [0, 0.05) is 6.04 Å². The Balaban J connectivity index is 2.28. The summed E-state index contributed by atoms with van der Waals surface area (Å²) in [5.41, 5.74) is 5.01. The largest absolute Gasteiger partial charge is 0.368 e. The predicted molar refractivity (Wildman–Crippen MR) is 84.6 cm³/mol. The van der Waals surface area contributed by atoms with Crippen LogP contribution in [0, 0.1) is 0 Å². The lowest BCUT2D eigenvalue weighted by Gasteiger charge is -2.33. The van der Waals surface area contributed by atoms with E-state index in [9.17, 15) is 4.79 Å². The maximum absolute atomic E-state index is 11.6. The molecule has 3 N–H and O–H groups in total. The summed E-state index contributed by atoms with van der Waals surface area (Å²) in [7, 11) is 0. The van der Waals surface area contributed by atoms with Crippen LogP contribution in [-0.4, -0.2) is 42.0 Å². The molecule has 1 saturated heterocycles. The highest BCUT2D eigenvalue weighted by Crippen LogP contribution is 2.18. The van der Waals surface area contributed by atoms with Crippen molar-refractivity contribution < 1.29 is 4.79 Å². The van der Waals surface area contributed by atoms with E-state index in [2.05, 4.69) is 24.1 Å². The zero-order chi connectivity index (χ0) is 15.0. The van der Waals surface area contributed by atoms with Crippen molar-refractivity contribution in [3.8, 4) is 0 Å². The SMILES string of the molecule is CCCNC(C)(CCCCN1CCCCC1C)C(N)=O. The van der Waals surface area contributed by atoms with E-state index < -0.39 is 5.54 Å². The van der Waals surface area contributed by atoms with Crippen LogP contribution in [0.2, 0.25) is 0 Å². The molecule has 0 radical (unpaired) electrons. The minimum absolute atomic E-state index is 0.225. The summed E-state index contributed by atoms with van der Waals surface area (Å²) in [6.07, 6.45) is 8.11. The summed E-state index contributed by atoms with van der Waals surface area (Å²) in [4.78, 5) is 14.2. The maximum Gasteiger partial charge on any atom is 0.237 e. The second-order valence-electron chi connectivity index (χ2n) is 6.46. The van der Waals surface area contributed by atoms with Gasteiger partial charge in [0.25, 0.3) is 0 Å². The quantitative estimate of drug-likeness (QED) is 0.638. The zero-order valence-electron chi connectivity index (χ0n) is 13.6. The third-order valence-corrected chi connectivity index (χ3v) is 4.62. The van der Waals surface area contributed by atoms with E-state index in [4.69, 9.17) is 5.73 Å². The van der Waals surface area contributed by atoms with Crippen molar-refractivity contribution in [1.82, 2.24) is 10.2 Å². The van der Waals surface area contributed by atoms with Crippen LogP contribution < -0.4 is 11.1 Å². The lowest BCUT2D eigenvalue weighted by Crippen LogP contribution is -2.53. The highest BCUT2D eigenvalue weighted by atomic mass is 16.1. The molecular formula is C16H33N3O. The van der Waals surface area contributed by atoms with Crippen LogP contribution in [0.25, 0.3) is 0 Å². The average Bonchev–Trinajstić information content (AvgIpc) is 2.43. The number of piperidine rings is 1. The summed E-state index contributed by atoms with van der Waals surface area (Å²) in [6.45, 7) is 9.62. The second kappa shape index (κ2) is 8.63. The van der Waals surface area contributed by atoms with Crippen LogP contribution in [-0.2, 0) is 4.79 Å². The third-order valence-electron chi connectivity index (χ3n) is 4.62. The molecule has 0 aromatic heterocycles. The van der Waals surface area contributed by atoms with E-state index in [0.717, 1.165) is 44.8 Å². The van der Waals surface area contributed by atoms with Gasteiger partial charge in [-0.05, 0) is 72.0 Å². The Labute approximate surface area is 124 Å². The number of carbonyl (C=O) groups excluding carboxylic acids is 1. The highest BCUT2D eigenvalue weighted by molar-refractivity contribution is 5.84. The number of primary amides is 1. The molecular weight excluding hydrogens is 250 g/mol. The minimum atomic E-state index is -0.538. The highest BCUT2D eigenvalue weighted by Gasteiger charge is 2.29. The number of nitrogens with one attached hydrogen (secondary N) is 1. The van der Waals surface area contributed by atoms with E-state index >= 15 is 0 Å². The number of hydrogen-bond acceptors (Lipinski definition) is 3. The van der Waals surface area contributed by atoms with E-state index in [1.54, 1.807) is 0 Å². The number of hydrogen-bond donors (Lipinski definition) is 2. The molecule has 0 spiro atoms. The average molecular weight is 283 g/mol. The number of carbonyl (C=O) groups is 1. The van der Waals surface area contributed by atoms with Crippen LogP contribution in [0.15, 0.2) is 0 Å². The van der Waals surface area contributed by atoms with Crippen LogP contribution in [0.5, 0.6) is 0 Å². The van der Waals surface area contributed by atoms with Gasteiger partial charge >= 0.3 is 0 Å². The first-order valence-electron chi connectivity index (χ1n) is 8.28. The number of rotatable bonds is 9. The second-order valence-corrected chi connectivity index (χ2v) is 6.46. The standard InChI is InChI=1S/C16H33N3O/c1-4-11-18-16(3,15(17)20)10-6-8-13-19-12-7-5-9-14(19)2/h14,18H,4-13H2,1-3H3,(H2,17,20). The maximum atomic E-state index is 11.6. The number of amides is 1. The molecule has 2 atom stereocenters. The van der Waals surface area contributed by atoms with E-state index in [-0.39, 0.29) is 5.91 Å². The molecule has 1 aliphatic rings. The normalized spacial score (nSPS) is 23.4. The van der Waals surface area contributed by atoms with Crippen LogP contribution in [0.1, 0.15) is 65.7 Å². The molecule has 0 aromatic rings. The van der Waals surface area contributed by atoms with Gasteiger partial charge in [-0.1, -0.05) is 13.3 Å². The van der Waals surface area contributed by atoms with Crippen molar-refractivity contribution in [2.45, 2.75) is 77.3 Å². The molecule has 20 heavy (non-hydrogen) atoms. The summed E-state index contributed by atoms with van der Waals surface area (Å²) in [5, 5.41) is 3.30. The molecule has 0 aromatic carbocycles. The summed E-state index contributed by atoms with van der Waals surface area (Å²) < 4.78 is 0. The Kier molecular flexibility index (Phi) is 7.52. The molecule has 1 aliphatic heterocycles. The fourth-order valence-electron chi connectivity index (χ4n) is 2.98. The molecule has 0 saturated carbocycles. The molecule has 1 rings (SSSR count). The Morgan fingerprint density at radius 1 is 1.40 bits per heavy atom. The fraction of sp³-hybridized carbons (Fsp3) is 0.938. The van der Waals surface area contributed by atoms with Gasteiger partial charge in [0.2, 0.25) is 5.91 Å². The molecule has 118 valence electrons. The van der Waals surface area contributed by atoms with Gasteiger partial charge in [-0.25, -0.2) is 0 Å². The van der Waals surface area contributed by atoms with Crippen LogP contribution in [0.4, 0.5) is 0 Å². The first kappa shape index (κ1) is 17.4. The number of nitrogens with two attached hydrogens (primary N) is 1. The van der Waals surface area contributed by atoms with Gasteiger partial charge in [-0.2, -0.15) is 0 Å². The van der Waals surface area contributed by atoms with Gasteiger partial charge in [0.1, 0.15) is 0 Å². The van der Waals surface area contributed by atoms with Gasteiger partial charge in [0.15, 0.2) is 0 Å². The zero-order valence-corrected chi connectivity index (χ0v) is 13.6. The fourth-order valence-corrected chi connectivity index (χ4v) is 2.98. The Bertz CT molecular complexity index is 295. The molecule has 0 bridgehead atoms. The van der Waals surface area contributed by atoms with E-state index in [0.29, 0.717) is 0 Å². The van der Waals surface area contributed by atoms with E-state index in [1.165, 1.54) is 25.8 Å². The molecule has 0 aliphatic carbocycles. The topological polar surface area (TPSA) is 58.4 Å². The molecule has 1 heterocycles. The number of likely N-dealkylation sites (tertiary alicyclic amines) is 1. The Morgan fingerprint density at radius 2 is 2.15 bits per heavy atom. The molecule has 2 unspecified atom stereocenters. The molecule has 1 fully saturated rings. The monoisotopic (exact) mass is 283 g/mol. The predicted octanol–water partition coefficient (Wildman–Crippen LogP) is 2.27. The van der Waals surface area contributed by atoms with Crippen LogP contribution >= 0.6 is 0 Å². The summed E-state index contributed by atoms with van der Waals surface area (Å²) in [6, 6.07) is 0.726. The van der Waals surface area contributed by atoms with Crippen molar-refractivity contribution >= 4 is 5.91 Å². The van der Waals surface area contributed by atoms with Crippen molar-refractivity contribution in [1.29, 1.82) is 0 Å². The smallest absolute Gasteiger partial charge is 0.237 e. The van der Waals surface area contributed by atoms with Crippen LogP contribution in [0.3, 0.4) is 0 Å². The molecule has 4 nitrogen and oxygen atoms in total. The first-order chi connectivity index (χ1) is 9.49. The Morgan fingerprint density at radius 3 is 2.75 bits per heavy atom. The van der Waals surface area contributed by atoms with Crippen molar-refractivity contribution in [3.63, 3.8) is 0 Å². The lowest BCUT2D eigenvalue weighted by atomic mass is 9.93. The van der Waals surface area contributed by atoms with Crippen molar-refractivity contribution in [2.24, 2.45) is 5.73 Å². The van der Waals surface area contributed by atoms with Gasteiger partial charge in [-0.3, -0.25) is 4.79 Å². The number of unbranched alkanes of at least 4 members (excludes halogenated alkanes) is 1. The minimum Gasteiger partial charge on any atom is -0.368 e.